The van der Waals surface area contributed by atoms with Crippen LogP contribution in [0.4, 0.5) is 0 Å². The smallest absolute Gasteiger partial charge is 0.251 e. The minimum absolute atomic E-state index is 0.444. The van der Waals surface area contributed by atoms with Crippen molar-refractivity contribution in [1.29, 1.82) is 0 Å². The van der Waals surface area contributed by atoms with Gasteiger partial charge in [-0.05, 0) is 50.1 Å². The van der Waals surface area contributed by atoms with Gasteiger partial charge in [0.15, 0.2) is 11.5 Å². The molecule has 0 aliphatic heterocycles. The predicted molar refractivity (Wildman–Crippen MR) is 126 cm³/mol. The number of aryl methyl sites for hydroxylation is 1. The van der Waals surface area contributed by atoms with Crippen molar-refractivity contribution in [3.05, 3.63) is 77.1 Å². The zero-order chi connectivity index (χ0) is 22.8. The first-order valence-corrected chi connectivity index (χ1v) is 10.5. The summed E-state index contributed by atoms with van der Waals surface area (Å²) in [6.07, 6.45) is 0.763. The number of nitrogens with zero attached hydrogens (tertiary/aromatic N) is 2. The Morgan fingerprint density at radius 3 is 2.44 bits per heavy atom. The summed E-state index contributed by atoms with van der Waals surface area (Å²) in [5, 5.41) is 1.05. The molecule has 0 aliphatic rings. The Morgan fingerprint density at radius 1 is 0.969 bits per heavy atom. The van der Waals surface area contributed by atoms with Crippen LogP contribution in [-0.4, -0.2) is 29.7 Å². The summed E-state index contributed by atoms with van der Waals surface area (Å²) in [4.78, 5) is 17.2. The van der Waals surface area contributed by atoms with Gasteiger partial charge in [-0.15, -0.1) is 0 Å². The van der Waals surface area contributed by atoms with Crippen molar-refractivity contribution in [2.45, 2.75) is 26.8 Å². The Hall–Kier alpha value is -3.80. The number of hydrogen-bond donors (Lipinski definition) is 1. The largest absolute Gasteiger partial charge is 0.493 e. The monoisotopic (exact) mass is 429 g/mol. The van der Waals surface area contributed by atoms with E-state index in [1.165, 1.54) is 0 Å². The Morgan fingerprint density at radius 2 is 1.72 bits per heavy atom. The normalized spacial score (nSPS) is 11.0. The van der Waals surface area contributed by atoms with Gasteiger partial charge in [0, 0.05) is 28.9 Å². The molecule has 0 bridgehead atoms. The third-order valence-corrected chi connectivity index (χ3v) is 5.96. The molecule has 6 nitrogen and oxygen atoms in total. The fourth-order valence-corrected chi connectivity index (χ4v) is 4.32. The molecule has 0 saturated carbocycles. The number of hydrogen-bond acceptors (Lipinski definition) is 4. The second kappa shape index (κ2) is 8.75. The van der Waals surface area contributed by atoms with Gasteiger partial charge in [-0.25, -0.2) is 4.98 Å². The van der Waals surface area contributed by atoms with E-state index in [1.807, 2.05) is 68.4 Å². The van der Waals surface area contributed by atoms with Crippen molar-refractivity contribution in [1.82, 2.24) is 9.55 Å². The number of carbonyl (C=O) groups is 1. The number of fused-ring (bicyclic) bond motifs is 1. The quantitative estimate of drug-likeness (QED) is 0.463. The molecule has 32 heavy (non-hydrogen) atoms. The first-order chi connectivity index (χ1) is 15.4. The van der Waals surface area contributed by atoms with Gasteiger partial charge in [0.25, 0.3) is 5.91 Å². The average molecular weight is 430 g/mol. The topological polar surface area (TPSA) is 79.4 Å². The van der Waals surface area contributed by atoms with Crippen LogP contribution in [0.3, 0.4) is 0 Å². The molecular weight excluding hydrogens is 402 g/mol. The molecule has 0 fully saturated rings. The first-order valence-electron chi connectivity index (χ1n) is 10.5. The number of amides is 1. The van der Waals surface area contributed by atoms with E-state index in [0.717, 1.165) is 45.5 Å². The summed E-state index contributed by atoms with van der Waals surface area (Å²) in [6.45, 7) is 4.65. The standard InChI is InChI=1S/C26H27N3O3/c1-16-24(21-11-10-19-7-5-6-8-20(19)28-21)25(26(27)30)17(2)29(16)14-13-18-9-12-22(31-3)23(15-18)32-4/h5-12,15H,13-14H2,1-4H3,(H2,27,30). The van der Waals surface area contributed by atoms with E-state index in [4.69, 9.17) is 20.2 Å². The van der Waals surface area contributed by atoms with Crippen LogP contribution in [0.15, 0.2) is 54.6 Å². The molecule has 0 spiro atoms. The maximum Gasteiger partial charge on any atom is 0.251 e. The number of ether oxygens (including phenoxy) is 2. The van der Waals surface area contributed by atoms with E-state index >= 15 is 0 Å². The molecule has 2 N–H and O–H groups in total. The van der Waals surface area contributed by atoms with Gasteiger partial charge < -0.3 is 19.8 Å². The van der Waals surface area contributed by atoms with Crippen LogP contribution in [0.25, 0.3) is 22.2 Å². The van der Waals surface area contributed by atoms with Crippen LogP contribution in [-0.2, 0) is 13.0 Å². The second-order valence-corrected chi connectivity index (χ2v) is 7.77. The van der Waals surface area contributed by atoms with Crippen LogP contribution in [0.5, 0.6) is 11.5 Å². The third kappa shape index (κ3) is 3.80. The molecule has 4 aromatic rings. The van der Waals surface area contributed by atoms with Gasteiger partial charge in [0.05, 0.1) is 31.0 Å². The maximum absolute atomic E-state index is 12.4. The van der Waals surface area contributed by atoms with E-state index in [2.05, 4.69) is 4.57 Å². The van der Waals surface area contributed by atoms with E-state index in [-0.39, 0.29) is 0 Å². The Labute approximate surface area is 187 Å². The van der Waals surface area contributed by atoms with Gasteiger partial charge in [-0.2, -0.15) is 0 Å². The van der Waals surface area contributed by atoms with Crippen molar-refractivity contribution in [2.75, 3.05) is 14.2 Å². The summed E-state index contributed by atoms with van der Waals surface area (Å²) in [5.41, 5.74) is 11.7. The first kappa shape index (κ1) is 21.4. The van der Waals surface area contributed by atoms with Crippen LogP contribution >= 0.6 is 0 Å². The number of nitrogens with two attached hydrogens (primary N) is 1. The van der Waals surface area contributed by atoms with E-state index in [9.17, 15) is 4.79 Å². The summed E-state index contributed by atoms with van der Waals surface area (Å²) in [6, 6.07) is 17.8. The van der Waals surface area contributed by atoms with Crippen LogP contribution in [0.1, 0.15) is 27.3 Å². The molecular formula is C26H27N3O3. The van der Waals surface area contributed by atoms with Crippen LogP contribution < -0.4 is 15.2 Å². The fraction of sp³-hybridized carbons (Fsp3) is 0.231. The molecule has 164 valence electrons. The number of aromatic nitrogens is 2. The van der Waals surface area contributed by atoms with Gasteiger partial charge in [0.2, 0.25) is 0 Å². The Balaban J connectivity index is 1.73. The highest BCUT2D eigenvalue weighted by Gasteiger charge is 2.23. The van der Waals surface area contributed by atoms with Crippen molar-refractivity contribution in [3.63, 3.8) is 0 Å². The zero-order valence-corrected chi connectivity index (χ0v) is 18.8. The Bertz CT molecular complexity index is 1310. The summed E-state index contributed by atoms with van der Waals surface area (Å²) >= 11 is 0. The SMILES string of the molecule is COc1ccc(CCn2c(C)c(C(N)=O)c(-c3ccc4ccccc4n3)c2C)cc1OC. The lowest BCUT2D eigenvalue weighted by Crippen LogP contribution is -2.14. The minimum Gasteiger partial charge on any atom is -0.493 e. The molecule has 0 aliphatic carbocycles. The highest BCUT2D eigenvalue weighted by atomic mass is 16.5. The minimum atomic E-state index is -0.444. The molecule has 6 heteroatoms. The second-order valence-electron chi connectivity index (χ2n) is 7.77. The number of methoxy groups -OCH3 is 2. The molecule has 0 saturated heterocycles. The summed E-state index contributed by atoms with van der Waals surface area (Å²) < 4.78 is 12.9. The van der Waals surface area contributed by atoms with Crippen molar-refractivity contribution < 1.29 is 14.3 Å². The summed E-state index contributed by atoms with van der Waals surface area (Å²) in [5.74, 6) is 0.954. The van der Waals surface area contributed by atoms with Crippen LogP contribution in [0.2, 0.25) is 0 Å². The summed E-state index contributed by atoms with van der Waals surface area (Å²) in [7, 11) is 3.25. The lowest BCUT2D eigenvalue weighted by molar-refractivity contribution is 0.1000. The number of para-hydroxylation sites is 1. The molecule has 1 amide bonds. The molecule has 4 rings (SSSR count). The van der Waals surface area contributed by atoms with Crippen LogP contribution in [0, 0.1) is 13.8 Å². The average Bonchev–Trinajstić information content (AvgIpc) is 3.06. The van der Waals surface area contributed by atoms with Crippen molar-refractivity contribution in [2.24, 2.45) is 5.73 Å². The fourth-order valence-electron chi connectivity index (χ4n) is 4.32. The number of pyridine rings is 1. The molecule has 0 atom stereocenters. The van der Waals surface area contributed by atoms with Crippen molar-refractivity contribution in [3.8, 4) is 22.8 Å². The van der Waals surface area contributed by atoms with Gasteiger partial charge >= 0.3 is 0 Å². The van der Waals surface area contributed by atoms with E-state index in [0.29, 0.717) is 23.6 Å². The van der Waals surface area contributed by atoms with E-state index < -0.39 is 5.91 Å². The van der Waals surface area contributed by atoms with Gasteiger partial charge in [-0.1, -0.05) is 30.3 Å². The number of rotatable bonds is 7. The lowest BCUT2D eigenvalue weighted by Gasteiger charge is -2.12. The van der Waals surface area contributed by atoms with Crippen molar-refractivity contribution >= 4 is 16.8 Å². The molecule has 0 radical (unpaired) electrons. The highest BCUT2D eigenvalue weighted by Crippen LogP contribution is 2.33. The molecule has 2 aromatic heterocycles. The van der Waals surface area contributed by atoms with Gasteiger partial charge in [0.1, 0.15) is 0 Å². The number of primary amides is 1. The molecule has 0 unspecified atom stereocenters. The van der Waals surface area contributed by atoms with Gasteiger partial charge in [-0.3, -0.25) is 4.79 Å². The predicted octanol–water partition coefficient (Wildman–Crippen LogP) is 4.68. The third-order valence-electron chi connectivity index (χ3n) is 5.96. The van der Waals surface area contributed by atoms with E-state index in [1.54, 1.807) is 14.2 Å². The zero-order valence-electron chi connectivity index (χ0n) is 18.8. The molecule has 2 aromatic carbocycles. The number of carbonyl (C=O) groups excluding carboxylic acids is 1. The highest BCUT2D eigenvalue weighted by molar-refractivity contribution is 6.02. The lowest BCUT2D eigenvalue weighted by atomic mass is 10.0. The maximum atomic E-state index is 12.4. The Kier molecular flexibility index (Phi) is 5.86. The molecule has 2 heterocycles. The number of benzene rings is 2.